The van der Waals surface area contributed by atoms with Crippen molar-refractivity contribution in [3.63, 3.8) is 0 Å². The Hall–Kier alpha value is -1.87. The van der Waals surface area contributed by atoms with Gasteiger partial charge in [-0.3, -0.25) is 4.79 Å². The van der Waals surface area contributed by atoms with Gasteiger partial charge in [0.25, 0.3) is 0 Å². The Labute approximate surface area is 119 Å². The van der Waals surface area contributed by atoms with E-state index in [-0.39, 0.29) is 0 Å². The predicted molar refractivity (Wildman–Crippen MR) is 79.5 cm³/mol. The molecule has 0 spiro atoms. The maximum absolute atomic E-state index is 11.0. The highest BCUT2D eigenvalue weighted by atomic mass is 79.9. The SMILES string of the molecule is Cc1c(C=O)oc2cccc(-c3ccccc3Br)c12. The summed E-state index contributed by atoms with van der Waals surface area (Å²) in [5.74, 6) is 0.398. The molecule has 19 heavy (non-hydrogen) atoms. The average Bonchev–Trinajstić information content (AvgIpc) is 2.76. The molecule has 0 N–H and O–H groups in total. The van der Waals surface area contributed by atoms with Crippen LogP contribution in [0.5, 0.6) is 0 Å². The number of halogens is 1. The minimum Gasteiger partial charge on any atom is -0.453 e. The summed E-state index contributed by atoms with van der Waals surface area (Å²) in [6.45, 7) is 1.91. The Morgan fingerprint density at radius 1 is 1.05 bits per heavy atom. The molecule has 2 aromatic carbocycles. The Morgan fingerprint density at radius 2 is 1.79 bits per heavy atom. The highest BCUT2D eigenvalue weighted by Crippen LogP contribution is 2.37. The molecule has 0 aliphatic heterocycles. The minimum absolute atomic E-state index is 0.398. The van der Waals surface area contributed by atoms with Crippen molar-refractivity contribution in [2.24, 2.45) is 0 Å². The number of rotatable bonds is 2. The number of aldehydes is 1. The second-order valence-corrected chi connectivity index (χ2v) is 5.22. The first-order valence-corrected chi connectivity index (χ1v) is 6.74. The van der Waals surface area contributed by atoms with Crippen LogP contribution < -0.4 is 0 Å². The van der Waals surface area contributed by atoms with Crippen molar-refractivity contribution in [2.75, 3.05) is 0 Å². The lowest BCUT2D eigenvalue weighted by Gasteiger charge is -2.06. The zero-order chi connectivity index (χ0) is 13.4. The summed E-state index contributed by atoms with van der Waals surface area (Å²) in [7, 11) is 0. The largest absolute Gasteiger partial charge is 0.453 e. The van der Waals surface area contributed by atoms with Crippen molar-refractivity contribution in [3.05, 3.63) is 58.3 Å². The zero-order valence-corrected chi connectivity index (χ0v) is 11.9. The standard InChI is InChI=1S/C16H11BrO2/c1-10-15(9-18)19-14-8-4-6-12(16(10)14)11-5-2-3-7-13(11)17/h2-9H,1H3. The van der Waals surface area contributed by atoms with Gasteiger partial charge in [0.05, 0.1) is 0 Å². The van der Waals surface area contributed by atoms with Crippen LogP contribution in [0.2, 0.25) is 0 Å². The third-order valence-corrected chi connectivity index (χ3v) is 3.95. The molecule has 0 unspecified atom stereocenters. The summed E-state index contributed by atoms with van der Waals surface area (Å²) in [6, 6.07) is 13.9. The van der Waals surface area contributed by atoms with Crippen LogP contribution in [-0.4, -0.2) is 6.29 Å². The molecule has 0 bridgehead atoms. The van der Waals surface area contributed by atoms with Crippen LogP contribution in [0.3, 0.4) is 0 Å². The van der Waals surface area contributed by atoms with Crippen molar-refractivity contribution in [1.29, 1.82) is 0 Å². The second kappa shape index (κ2) is 4.67. The van der Waals surface area contributed by atoms with Gasteiger partial charge in [-0.1, -0.05) is 46.3 Å². The molecule has 0 saturated heterocycles. The van der Waals surface area contributed by atoms with Crippen LogP contribution in [0.25, 0.3) is 22.1 Å². The second-order valence-electron chi connectivity index (χ2n) is 4.37. The molecular weight excluding hydrogens is 304 g/mol. The molecule has 3 heteroatoms. The van der Waals surface area contributed by atoms with E-state index in [1.807, 2.05) is 49.4 Å². The van der Waals surface area contributed by atoms with Crippen molar-refractivity contribution < 1.29 is 9.21 Å². The molecule has 0 saturated carbocycles. The zero-order valence-electron chi connectivity index (χ0n) is 10.3. The first-order valence-electron chi connectivity index (χ1n) is 5.94. The van der Waals surface area contributed by atoms with Crippen LogP contribution in [0.4, 0.5) is 0 Å². The lowest BCUT2D eigenvalue weighted by atomic mass is 9.99. The third kappa shape index (κ3) is 1.90. The van der Waals surface area contributed by atoms with Gasteiger partial charge >= 0.3 is 0 Å². The molecular formula is C16H11BrO2. The fraction of sp³-hybridized carbons (Fsp3) is 0.0625. The highest BCUT2D eigenvalue weighted by molar-refractivity contribution is 9.10. The lowest BCUT2D eigenvalue weighted by molar-refractivity contribution is 0.110. The number of furan rings is 1. The van der Waals surface area contributed by atoms with Crippen LogP contribution in [-0.2, 0) is 0 Å². The van der Waals surface area contributed by atoms with Gasteiger partial charge in [-0.15, -0.1) is 0 Å². The molecule has 0 radical (unpaired) electrons. The van der Waals surface area contributed by atoms with E-state index in [1.54, 1.807) is 0 Å². The monoisotopic (exact) mass is 314 g/mol. The van der Waals surface area contributed by atoms with Crippen LogP contribution in [0.15, 0.2) is 51.4 Å². The molecule has 2 nitrogen and oxygen atoms in total. The first-order chi connectivity index (χ1) is 9.22. The average molecular weight is 315 g/mol. The topological polar surface area (TPSA) is 30.2 Å². The summed E-state index contributed by atoms with van der Waals surface area (Å²) < 4.78 is 6.59. The molecule has 0 fully saturated rings. The van der Waals surface area contributed by atoms with E-state index < -0.39 is 0 Å². The van der Waals surface area contributed by atoms with Crippen molar-refractivity contribution >= 4 is 33.2 Å². The normalized spacial score (nSPS) is 10.8. The number of benzene rings is 2. The number of fused-ring (bicyclic) bond motifs is 1. The van der Waals surface area contributed by atoms with Crippen molar-refractivity contribution in [3.8, 4) is 11.1 Å². The maximum Gasteiger partial charge on any atom is 0.185 e. The first kappa shape index (κ1) is 12.2. The van der Waals surface area contributed by atoms with E-state index in [2.05, 4.69) is 15.9 Å². The molecule has 0 amide bonds. The molecule has 0 aliphatic rings. The van der Waals surface area contributed by atoms with Gasteiger partial charge < -0.3 is 4.42 Å². The smallest absolute Gasteiger partial charge is 0.185 e. The summed E-state index contributed by atoms with van der Waals surface area (Å²) in [5, 5.41) is 0.997. The van der Waals surface area contributed by atoms with E-state index in [0.717, 1.165) is 38.4 Å². The van der Waals surface area contributed by atoms with Crippen LogP contribution in [0, 0.1) is 6.92 Å². The molecule has 3 rings (SSSR count). The Bertz CT molecular complexity index is 772. The molecule has 1 heterocycles. The van der Waals surface area contributed by atoms with Gasteiger partial charge in [0.15, 0.2) is 12.0 Å². The van der Waals surface area contributed by atoms with E-state index in [1.165, 1.54) is 0 Å². The summed E-state index contributed by atoms with van der Waals surface area (Å²) in [5.41, 5.74) is 3.79. The van der Waals surface area contributed by atoms with Gasteiger partial charge in [0.1, 0.15) is 5.58 Å². The molecule has 3 aromatic rings. The predicted octanol–water partition coefficient (Wildman–Crippen LogP) is 4.98. The Kier molecular flexibility index (Phi) is 2.99. The fourth-order valence-corrected chi connectivity index (χ4v) is 2.84. The Morgan fingerprint density at radius 3 is 2.53 bits per heavy atom. The van der Waals surface area contributed by atoms with Gasteiger partial charge in [-0.25, -0.2) is 0 Å². The van der Waals surface area contributed by atoms with Crippen molar-refractivity contribution in [2.45, 2.75) is 6.92 Å². The number of hydrogen-bond acceptors (Lipinski definition) is 2. The van der Waals surface area contributed by atoms with Gasteiger partial charge in [-0.2, -0.15) is 0 Å². The third-order valence-electron chi connectivity index (χ3n) is 3.26. The summed E-state index contributed by atoms with van der Waals surface area (Å²) >= 11 is 3.57. The quantitative estimate of drug-likeness (QED) is 0.624. The van der Waals surface area contributed by atoms with E-state index >= 15 is 0 Å². The number of carbonyl (C=O) groups is 1. The highest BCUT2D eigenvalue weighted by Gasteiger charge is 2.15. The number of aryl methyl sites for hydroxylation is 1. The molecule has 1 aromatic heterocycles. The molecule has 94 valence electrons. The van der Waals surface area contributed by atoms with E-state index in [0.29, 0.717) is 5.76 Å². The van der Waals surface area contributed by atoms with Crippen molar-refractivity contribution in [1.82, 2.24) is 0 Å². The van der Waals surface area contributed by atoms with E-state index in [4.69, 9.17) is 4.42 Å². The van der Waals surface area contributed by atoms with E-state index in [9.17, 15) is 4.79 Å². The minimum atomic E-state index is 0.398. The number of carbonyl (C=O) groups excluding carboxylic acids is 1. The van der Waals surface area contributed by atoms with Gasteiger partial charge in [-0.05, 0) is 30.2 Å². The molecule has 0 atom stereocenters. The van der Waals surface area contributed by atoms with Gasteiger partial charge in [0.2, 0.25) is 0 Å². The summed E-state index contributed by atoms with van der Waals surface area (Å²) in [4.78, 5) is 11.0. The Balaban J connectivity index is 2.39. The lowest BCUT2D eigenvalue weighted by Crippen LogP contribution is -1.83. The van der Waals surface area contributed by atoms with Gasteiger partial charge in [0, 0.05) is 15.4 Å². The van der Waals surface area contributed by atoms with Crippen LogP contribution >= 0.6 is 15.9 Å². The molecule has 0 aliphatic carbocycles. The summed E-state index contributed by atoms with van der Waals surface area (Å²) in [6.07, 6.45) is 0.763. The van der Waals surface area contributed by atoms with Crippen LogP contribution in [0.1, 0.15) is 16.1 Å². The fourth-order valence-electron chi connectivity index (χ4n) is 2.34. The number of hydrogen-bond donors (Lipinski definition) is 0. The maximum atomic E-state index is 11.0.